The van der Waals surface area contributed by atoms with Crippen molar-refractivity contribution in [1.82, 2.24) is 14.9 Å². The molecule has 0 saturated heterocycles. The van der Waals surface area contributed by atoms with Crippen LogP contribution in [0.15, 0.2) is 64.5 Å². The van der Waals surface area contributed by atoms with Crippen LogP contribution in [0.5, 0.6) is 0 Å². The second-order valence-electron chi connectivity index (χ2n) is 7.20. The Bertz CT molecular complexity index is 1350. The van der Waals surface area contributed by atoms with Gasteiger partial charge in [-0.15, -0.1) is 11.3 Å². The minimum Gasteiger partial charge on any atom is -0.349 e. The van der Waals surface area contributed by atoms with Crippen LogP contribution < -0.4 is 10.9 Å². The number of nitrogens with one attached hydrogen (secondary N) is 1. The van der Waals surface area contributed by atoms with Gasteiger partial charge in [-0.2, -0.15) is 0 Å². The lowest BCUT2D eigenvalue weighted by Gasteiger charge is -2.15. The van der Waals surface area contributed by atoms with Gasteiger partial charge in [0.25, 0.3) is 5.56 Å². The lowest BCUT2D eigenvalue weighted by molar-refractivity contribution is -0.119. The van der Waals surface area contributed by atoms with E-state index in [0.29, 0.717) is 15.4 Å². The van der Waals surface area contributed by atoms with Crippen molar-refractivity contribution in [2.75, 3.05) is 5.75 Å². The highest BCUT2D eigenvalue weighted by Crippen LogP contribution is 2.32. The van der Waals surface area contributed by atoms with E-state index in [1.54, 1.807) is 14.0 Å². The van der Waals surface area contributed by atoms with Crippen LogP contribution in [0.4, 0.5) is 8.78 Å². The summed E-state index contributed by atoms with van der Waals surface area (Å²) >= 11 is 2.55. The first-order chi connectivity index (χ1) is 15.3. The molecule has 2 aromatic heterocycles. The highest BCUT2D eigenvalue weighted by atomic mass is 32.2. The van der Waals surface area contributed by atoms with Crippen molar-refractivity contribution in [3.05, 3.63) is 82.1 Å². The average molecular weight is 472 g/mol. The second kappa shape index (κ2) is 9.22. The fourth-order valence-corrected chi connectivity index (χ4v) is 5.13. The number of rotatable bonds is 6. The molecule has 5 nitrogen and oxygen atoms in total. The van der Waals surface area contributed by atoms with Gasteiger partial charge in [-0.25, -0.2) is 13.8 Å². The summed E-state index contributed by atoms with van der Waals surface area (Å²) in [7, 11) is 1.62. The summed E-state index contributed by atoms with van der Waals surface area (Å²) < 4.78 is 28.4. The maximum absolute atomic E-state index is 13.9. The smallest absolute Gasteiger partial charge is 0.262 e. The van der Waals surface area contributed by atoms with Crippen LogP contribution >= 0.6 is 23.1 Å². The van der Waals surface area contributed by atoms with E-state index < -0.39 is 17.7 Å². The molecular weight excluding hydrogens is 452 g/mol. The summed E-state index contributed by atoms with van der Waals surface area (Å²) in [5, 5.41) is 3.64. The number of nitrogens with zero attached hydrogens (tertiary/aromatic N) is 2. The number of carbonyl (C=O) groups is 1. The van der Waals surface area contributed by atoms with E-state index in [1.807, 2.05) is 36.4 Å². The van der Waals surface area contributed by atoms with E-state index in [9.17, 15) is 18.4 Å². The van der Waals surface area contributed by atoms with Crippen molar-refractivity contribution in [3.8, 4) is 10.4 Å². The predicted octanol–water partition coefficient (Wildman–Crippen LogP) is 4.91. The molecule has 1 atom stereocenters. The zero-order valence-corrected chi connectivity index (χ0v) is 18.9. The van der Waals surface area contributed by atoms with Crippen LogP contribution in [0, 0.1) is 11.6 Å². The zero-order chi connectivity index (χ0) is 22.8. The van der Waals surface area contributed by atoms with Gasteiger partial charge in [-0.05, 0) is 24.6 Å². The molecule has 1 amide bonds. The Morgan fingerprint density at radius 2 is 1.94 bits per heavy atom. The van der Waals surface area contributed by atoms with Gasteiger partial charge in [0.2, 0.25) is 5.91 Å². The standard InChI is InChI=1S/C23H19F2N3O2S2/c1-13(16-9-8-15(24)10-18(16)25)26-20(29)12-31-23-27-21-17(22(30)28(23)2)11-19(32-21)14-6-4-3-5-7-14/h3-11,13H,12H2,1-2H3,(H,26,29). The maximum atomic E-state index is 13.9. The molecule has 4 rings (SSSR count). The summed E-state index contributed by atoms with van der Waals surface area (Å²) in [5.41, 5.74) is 1.02. The monoisotopic (exact) mass is 471 g/mol. The molecule has 0 saturated carbocycles. The SMILES string of the molecule is CC(NC(=O)CSc1nc2sc(-c3ccccc3)cc2c(=O)n1C)c1ccc(F)cc1F. The minimum atomic E-state index is -0.716. The highest BCUT2D eigenvalue weighted by Gasteiger charge is 2.17. The van der Waals surface area contributed by atoms with E-state index in [1.165, 1.54) is 22.0 Å². The average Bonchev–Trinajstić information content (AvgIpc) is 3.20. The van der Waals surface area contributed by atoms with Gasteiger partial charge in [-0.1, -0.05) is 48.2 Å². The van der Waals surface area contributed by atoms with Crippen molar-refractivity contribution < 1.29 is 13.6 Å². The second-order valence-corrected chi connectivity index (χ2v) is 9.17. The topological polar surface area (TPSA) is 64.0 Å². The van der Waals surface area contributed by atoms with Crippen LogP contribution in [0.2, 0.25) is 0 Å². The Labute approximate surface area is 191 Å². The summed E-state index contributed by atoms with van der Waals surface area (Å²) in [6, 6.07) is 14.2. The van der Waals surface area contributed by atoms with E-state index in [-0.39, 0.29) is 22.8 Å². The third kappa shape index (κ3) is 4.58. The number of thioether (sulfide) groups is 1. The number of halogens is 2. The Balaban J connectivity index is 1.49. The van der Waals surface area contributed by atoms with Gasteiger partial charge in [0.15, 0.2) is 5.16 Å². The molecule has 4 aromatic rings. The van der Waals surface area contributed by atoms with Crippen LogP contribution in [0.1, 0.15) is 18.5 Å². The Kier molecular flexibility index (Phi) is 6.38. The number of hydrogen-bond acceptors (Lipinski definition) is 5. The molecule has 0 bridgehead atoms. The van der Waals surface area contributed by atoms with Crippen molar-refractivity contribution in [1.29, 1.82) is 0 Å². The van der Waals surface area contributed by atoms with Gasteiger partial charge < -0.3 is 5.32 Å². The number of carbonyl (C=O) groups excluding carboxylic acids is 1. The van der Waals surface area contributed by atoms with E-state index in [0.717, 1.165) is 34.3 Å². The molecule has 0 aliphatic rings. The van der Waals surface area contributed by atoms with E-state index in [2.05, 4.69) is 10.3 Å². The fraction of sp³-hybridized carbons (Fsp3) is 0.174. The molecule has 2 aromatic carbocycles. The summed E-state index contributed by atoms with van der Waals surface area (Å²) in [6.45, 7) is 1.62. The molecule has 0 radical (unpaired) electrons. The molecule has 0 aliphatic heterocycles. The van der Waals surface area contributed by atoms with Crippen LogP contribution in [0.3, 0.4) is 0 Å². The molecule has 1 N–H and O–H groups in total. The lowest BCUT2D eigenvalue weighted by atomic mass is 10.1. The fourth-order valence-electron chi connectivity index (χ4n) is 3.26. The lowest BCUT2D eigenvalue weighted by Crippen LogP contribution is -2.29. The molecule has 2 heterocycles. The molecule has 32 heavy (non-hydrogen) atoms. The number of fused-ring (bicyclic) bond motifs is 1. The largest absolute Gasteiger partial charge is 0.349 e. The predicted molar refractivity (Wildman–Crippen MR) is 124 cm³/mol. The summed E-state index contributed by atoms with van der Waals surface area (Å²) in [4.78, 5) is 31.3. The van der Waals surface area contributed by atoms with Gasteiger partial charge in [-0.3, -0.25) is 14.2 Å². The molecule has 0 fully saturated rings. The first-order valence-electron chi connectivity index (χ1n) is 9.76. The van der Waals surface area contributed by atoms with Crippen molar-refractivity contribution in [3.63, 3.8) is 0 Å². The van der Waals surface area contributed by atoms with Crippen LogP contribution in [-0.4, -0.2) is 21.2 Å². The van der Waals surface area contributed by atoms with E-state index >= 15 is 0 Å². The van der Waals surface area contributed by atoms with Gasteiger partial charge in [0.1, 0.15) is 16.5 Å². The van der Waals surface area contributed by atoms with Gasteiger partial charge in [0.05, 0.1) is 17.2 Å². The molecule has 1 unspecified atom stereocenters. The van der Waals surface area contributed by atoms with Crippen LogP contribution in [0.25, 0.3) is 20.7 Å². The van der Waals surface area contributed by atoms with E-state index in [4.69, 9.17) is 0 Å². The summed E-state index contributed by atoms with van der Waals surface area (Å²) in [5.74, 6) is -1.74. The number of benzene rings is 2. The molecular formula is C23H19F2N3O2S2. The van der Waals surface area contributed by atoms with Gasteiger partial charge >= 0.3 is 0 Å². The van der Waals surface area contributed by atoms with Crippen molar-refractivity contribution >= 4 is 39.2 Å². The maximum Gasteiger partial charge on any atom is 0.262 e. The number of hydrogen-bond donors (Lipinski definition) is 1. The van der Waals surface area contributed by atoms with Gasteiger partial charge in [0, 0.05) is 23.6 Å². The van der Waals surface area contributed by atoms with Crippen molar-refractivity contribution in [2.24, 2.45) is 7.05 Å². The zero-order valence-electron chi connectivity index (χ0n) is 17.3. The molecule has 9 heteroatoms. The van der Waals surface area contributed by atoms with Crippen LogP contribution in [-0.2, 0) is 11.8 Å². The molecule has 164 valence electrons. The highest BCUT2D eigenvalue weighted by molar-refractivity contribution is 7.99. The molecule has 0 aliphatic carbocycles. The first-order valence-corrected chi connectivity index (χ1v) is 11.6. The minimum absolute atomic E-state index is 0.00411. The Hall–Kier alpha value is -3.04. The third-order valence-electron chi connectivity index (χ3n) is 4.93. The summed E-state index contributed by atoms with van der Waals surface area (Å²) in [6.07, 6.45) is 0. The molecule has 0 spiro atoms. The normalized spacial score (nSPS) is 12.1. The van der Waals surface area contributed by atoms with Crippen molar-refractivity contribution in [2.45, 2.75) is 18.1 Å². The number of aromatic nitrogens is 2. The number of amides is 1. The Morgan fingerprint density at radius 1 is 1.19 bits per heavy atom. The first kappa shape index (κ1) is 22.2. The third-order valence-corrected chi connectivity index (χ3v) is 7.04. The quantitative estimate of drug-likeness (QED) is 0.321. The number of thiophene rings is 1. The Morgan fingerprint density at radius 3 is 2.66 bits per heavy atom.